The van der Waals surface area contributed by atoms with Crippen LogP contribution in [0.4, 0.5) is 0 Å². The SMILES string of the molecule is Cc1ccc(S(=O)(=O)Cl)cc1.Cc1ccc(S(=O)(=O)OC2CCC(C#N)C2)cc1. The molecule has 1 aliphatic rings. The molecule has 0 aromatic heterocycles. The Hall–Kier alpha value is -1.92. The molecule has 2 aromatic rings. The van der Waals surface area contributed by atoms with Gasteiger partial charge in [-0.25, -0.2) is 8.42 Å². The van der Waals surface area contributed by atoms with E-state index in [1.807, 2.05) is 13.8 Å². The highest BCUT2D eigenvalue weighted by Crippen LogP contribution is 2.29. The predicted octanol–water partition coefficient (Wildman–Crippen LogP) is 4.32. The monoisotopic (exact) mass is 455 g/mol. The zero-order chi connectivity index (χ0) is 21.7. The normalized spacial score (nSPS) is 19.1. The summed E-state index contributed by atoms with van der Waals surface area (Å²) in [6.07, 6.45) is 1.48. The van der Waals surface area contributed by atoms with Gasteiger partial charge in [-0.1, -0.05) is 35.4 Å². The lowest BCUT2D eigenvalue weighted by molar-refractivity contribution is 0.214. The molecule has 0 radical (unpaired) electrons. The fourth-order valence-electron chi connectivity index (χ4n) is 2.79. The minimum atomic E-state index is -3.70. The molecule has 29 heavy (non-hydrogen) atoms. The summed E-state index contributed by atoms with van der Waals surface area (Å²) in [6, 6.07) is 15.1. The Balaban J connectivity index is 0.000000234. The second-order valence-electron chi connectivity index (χ2n) is 6.88. The Morgan fingerprint density at radius 2 is 1.38 bits per heavy atom. The summed E-state index contributed by atoms with van der Waals surface area (Å²) in [4.78, 5) is 0.318. The molecule has 1 fully saturated rings. The number of aryl methyl sites for hydroxylation is 2. The van der Waals surface area contributed by atoms with E-state index in [9.17, 15) is 16.8 Å². The van der Waals surface area contributed by atoms with E-state index in [0.29, 0.717) is 19.3 Å². The minimum absolute atomic E-state index is 0.0804. The van der Waals surface area contributed by atoms with E-state index in [1.54, 1.807) is 36.4 Å². The Morgan fingerprint density at radius 3 is 1.79 bits per heavy atom. The van der Waals surface area contributed by atoms with Gasteiger partial charge in [0.25, 0.3) is 19.2 Å². The third kappa shape index (κ3) is 7.12. The number of benzene rings is 2. The van der Waals surface area contributed by atoms with Crippen molar-refractivity contribution in [3.63, 3.8) is 0 Å². The van der Waals surface area contributed by atoms with Gasteiger partial charge in [0.05, 0.1) is 22.0 Å². The highest BCUT2D eigenvalue weighted by Gasteiger charge is 2.30. The highest BCUT2D eigenvalue weighted by atomic mass is 35.7. The van der Waals surface area contributed by atoms with Crippen LogP contribution < -0.4 is 0 Å². The van der Waals surface area contributed by atoms with Gasteiger partial charge >= 0.3 is 0 Å². The van der Waals surface area contributed by atoms with Crippen LogP contribution in [-0.4, -0.2) is 22.9 Å². The van der Waals surface area contributed by atoms with Crippen LogP contribution in [0, 0.1) is 31.1 Å². The minimum Gasteiger partial charge on any atom is -0.263 e. The van der Waals surface area contributed by atoms with Gasteiger partial charge in [-0.05, 0) is 57.4 Å². The fraction of sp³-hybridized carbons (Fsp3) is 0.350. The van der Waals surface area contributed by atoms with Crippen LogP contribution in [-0.2, 0) is 23.4 Å². The average Bonchev–Trinajstić information content (AvgIpc) is 3.09. The van der Waals surface area contributed by atoms with Crippen molar-refractivity contribution >= 4 is 29.9 Å². The van der Waals surface area contributed by atoms with E-state index in [-0.39, 0.29) is 21.8 Å². The molecule has 2 aromatic carbocycles. The van der Waals surface area contributed by atoms with Crippen LogP contribution in [0.1, 0.15) is 30.4 Å². The molecule has 2 unspecified atom stereocenters. The molecule has 156 valence electrons. The Labute approximate surface area is 176 Å². The van der Waals surface area contributed by atoms with Crippen LogP contribution in [0.3, 0.4) is 0 Å². The number of hydrogen-bond donors (Lipinski definition) is 0. The van der Waals surface area contributed by atoms with Crippen LogP contribution in [0.25, 0.3) is 0 Å². The summed E-state index contributed by atoms with van der Waals surface area (Å²) in [6.45, 7) is 3.77. The average molecular weight is 456 g/mol. The topological polar surface area (TPSA) is 101 Å². The van der Waals surface area contributed by atoms with Gasteiger partial charge < -0.3 is 0 Å². The maximum absolute atomic E-state index is 12.0. The van der Waals surface area contributed by atoms with E-state index in [1.165, 1.54) is 12.1 Å². The molecule has 9 heteroatoms. The molecule has 0 spiro atoms. The van der Waals surface area contributed by atoms with Gasteiger partial charge in [0.15, 0.2) is 0 Å². The molecule has 0 aliphatic heterocycles. The largest absolute Gasteiger partial charge is 0.297 e. The zero-order valence-electron chi connectivity index (χ0n) is 16.1. The standard InChI is InChI=1S/C13H15NO3S.C7H7ClO2S/c1-10-2-6-13(7-3-10)18(15,16)17-12-5-4-11(8-12)9-14;1-6-2-4-7(5-3-6)11(8,9)10/h2-3,6-7,11-12H,4-5,8H2,1H3;2-5H,1H3. The second kappa shape index (κ2) is 9.72. The third-order valence-electron chi connectivity index (χ3n) is 4.44. The maximum atomic E-state index is 12.0. The number of nitrogens with zero attached hydrogens (tertiary/aromatic N) is 1. The van der Waals surface area contributed by atoms with Crippen molar-refractivity contribution in [3.8, 4) is 6.07 Å². The van der Waals surface area contributed by atoms with Crippen LogP contribution in [0.5, 0.6) is 0 Å². The predicted molar refractivity (Wildman–Crippen MR) is 110 cm³/mol. The molecule has 0 saturated heterocycles. The van der Waals surface area contributed by atoms with Gasteiger partial charge in [-0.15, -0.1) is 0 Å². The van der Waals surface area contributed by atoms with Crippen molar-refractivity contribution in [2.45, 2.75) is 49.0 Å². The van der Waals surface area contributed by atoms with Crippen molar-refractivity contribution in [2.24, 2.45) is 5.92 Å². The zero-order valence-corrected chi connectivity index (χ0v) is 18.5. The summed E-state index contributed by atoms with van der Waals surface area (Å²) in [5.74, 6) is -0.0804. The van der Waals surface area contributed by atoms with Gasteiger partial charge in [-0.3, -0.25) is 4.18 Å². The first kappa shape index (κ1) is 23.4. The Bertz CT molecular complexity index is 1070. The van der Waals surface area contributed by atoms with Gasteiger partial charge in [0.2, 0.25) is 0 Å². The Kier molecular flexibility index (Phi) is 7.83. The lowest BCUT2D eigenvalue weighted by Gasteiger charge is -2.11. The van der Waals surface area contributed by atoms with Crippen molar-refractivity contribution in [3.05, 3.63) is 59.7 Å². The molecule has 2 atom stereocenters. The third-order valence-corrected chi connectivity index (χ3v) is 7.19. The first-order chi connectivity index (χ1) is 13.5. The summed E-state index contributed by atoms with van der Waals surface area (Å²) in [5, 5.41) is 8.77. The maximum Gasteiger partial charge on any atom is 0.297 e. The van der Waals surface area contributed by atoms with Gasteiger partial charge in [0, 0.05) is 16.6 Å². The molecular formula is C20H22ClNO5S2. The molecule has 6 nitrogen and oxygen atoms in total. The first-order valence-corrected chi connectivity index (χ1v) is 12.6. The lowest BCUT2D eigenvalue weighted by atomic mass is 10.1. The van der Waals surface area contributed by atoms with E-state index in [2.05, 4.69) is 6.07 Å². The van der Waals surface area contributed by atoms with Crippen molar-refractivity contribution in [2.75, 3.05) is 0 Å². The van der Waals surface area contributed by atoms with E-state index >= 15 is 0 Å². The summed E-state index contributed by atoms with van der Waals surface area (Å²) >= 11 is 0. The van der Waals surface area contributed by atoms with Crippen molar-refractivity contribution in [1.82, 2.24) is 0 Å². The Morgan fingerprint density at radius 1 is 0.897 bits per heavy atom. The number of nitriles is 1. The fourth-order valence-corrected chi connectivity index (χ4v) is 4.67. The number of rotatable bonds is 4. The molecule has 0 heterocycles. The quantitative estimate of drug-likeness (QED) is 0.502. The molecule has 0 bridgehead atoms. The van der Waals surface area contributed by atoms with E-state index in [4.69, 9.17) is 20.1 Å². The molecular weight excluding hydrogens is 434 g/mol. The number of halogens is 1. The molecule has 0 amide bonds. The molecule has 1 aliphatic carbocycles. The summed E-state index contributed by atoms with van der Waals surface area (Å²) in [5.41, 5.74) is 2.01. The number of hydrogen-bond acceptors (Lipinski definition) is 6. The smallest absolute Gasteiger partial charge is 0.263 e. The second-order valence-corrected chi connectivity index (χ2v) is 11.0. The molecule has 0 N–H and O–H groups in total. The highest BCUT2D eigenvalue weighted by molar-refractivity contribution is 8.13. The molecule has 1 saturated carbocycles. The summed E-state index contributed by atoms with van der Waals surface area (Å²) in [7, 11) is -2.17. The van der Waals surface area contributed by atoms with Crippen LogP contribution in [0.15, 0.2) is 58.3 Å². The van der Waals surface area contributed by atoms with E-state index < -0.39 is 19.2 Å². The first-order valence-electron chi connectivity index (χ1n) is 8.92. The van der Waals surface area contributed by atoms with Gasteiger partial charge in [-0.2, -0.15) is 13.7 Å². The summed E-state index contributed by atoms with van der Waals surface area (Å²) < 4.78 is 50.6. The van der Waals surface area contributed by atoms with Gasteiger partial charge in [0.1, 0.15) is 0 Å². The molecule has 3 rings (SSSR count). The van der Waals surface area contributed by atoms with Crippen molar-refractivity contribution < 1.29 is 21.0 Å². The lowest BCUT2D eigenvalue weighted by Crippen LogP contribution is -2.16. The van der Waals surface area contributed by atoms with E-state index in [0.717, 1.165) is 11.1 Å². The van der Waals surface area contributed by atoms with Crippen LogP contribution >= 0.6 is 10.7 Å². The van der Waals surface area contributed by atoms with Crippen LogP contribution in [0.2, 0.25) is 0 Å². The van der Waals surface area contributed by atoms with Crippen molar-refractivity contribution in [1.29, 1.82) is 5.26 Å².